The Hall–Kier alpha value is -3.51. The number of amidine groups is 1. The largest absolute Gasteiger partial charge is 0.490 e. The third-order valence-corrected chi connectivity index (χ3v) is 6.86. The number of fused-ring (bicyclic) bond motifs is 1. The van der Waals surface area contributed by atoms with Crippen LogP contribution in [0.3, 0.4) is 0 Å². The van der Waals surface area contributed by atoms with Crippen LogP contribution in [0.15, 0.2) is 77.1 Å². The number of hydrogen-bond acceptors (Lipinski definition) is 5. The molecule has 1 aliphatic heterocycles. The first kappa shape index (κ1) is 25.6. The Morgan fingerprint density at radius 2 is 1.83 bits per heavy atom. The number of benzene rings is 3. The van der Waals surface area contributed by atoms with Gasteiger partial charge in [0, 0.05) is 18.7 Å². The maximum atomic E-state index is 13.0. The molecule has 0 spiro atoms. The number of likely N-dealkylation sites (N-methyl/N-ethyl adjacent to an activating group) is 1. The summed E-state index contributed by atoms with van der Waals surface area (Å²) >= 11 is 1.42. The van der Waals surface area contributed by atoms with Gasteiger partial charge in [-0.1, -0.05) is 42.5 Å². The summed E-state index contributed by atoms with van der Waals surface area (Å²) in [5.41, 5.74) is 2.94. The molecule has 0 aliphatic carbocycles. The van der Waals surface area contributed by atoms with Crippen molar-refractivity contribution in [2.75, 3.05) is 19.7 Å². The quantitative estimate of drug-likeness (QED) is 0.225. The van der Waals surface area contributed by atoms with E-state index in [4.69, 9.17) is 9.47 Å². The molecule has 0 bridgehead atoms. The van der Waals surface area contributed by atoms with Crippen molar-refractivity contribution in [3.63, 3.8) is 0 Å². The van der Waals surface area contributed by atoms with Crippen LogP contribution in [-0.4, -0.2) is 35.7 Å². The molecule has 0 N–H and O–H groups in total. The number of hydrogen-bond donors (Lipinski definition) is 0. The molecular formula is C30H32N2O3S. The number of ether oxygens (including phenoxy) is 2. The van der Waals surface area contributed by atoms with Crippen LogP contribution in [-0.2, 0) is 17.8 Å². The minimum absolute atomic E-state index is 0.0189. The molecule has 1 saturated heterocycles. The number of thioether (sulfide) groups is 1. The second kappa shape index (κ2) is 12.0. The lowest BCUT2D eigenvalue weighted by atomic mass is 10.0. The first-order valence-corrected chi connectivity index (χ1v) is 13.2. The van der Waals surface area contributed by atoms with E-state index in [1.807, 2.05) is 57.2 Å². The molecule has 3 aromatic carbocycles. The number of rotatable bonds is 10. The summed E-state index contributed by atoms with van der Waals surface area (Å²) in [5.74, 6) is 1.35. The molecule has 3 aromatic rings. The van der Waals surface area contributed by atoms with Crippen molar-refractivity contribution in [2.24, 2.45) is 4.99 Å². The molecule has 0 radical (unpaired) electrons. The van der Waals surface area contributed by atoms with E-state index in [9.17, 15) is 4.79 Å². The van der Waals surface area contributed by atoms with Crippen LogP contribution in [0.1, 0.15) is 37.5 Å². The summed E-state index contributed by atoms with van der Waals surface area (Å²) in [6.07, 6.45) is 4.39. The maximum absolute atomic E-state index is 13.0. The fourth-order valence-electron chi connectivity index (χ4n) is 4.18. The van der Waals surface area contributed by atoms with Crippen LogP contribution < -0.4 is 9.47 Å². The van der Waals surface area contributed by atoms with Gasteiger partial charge in [-0.2, -0.15) is 0 Å². The van der Waals surface area contributed by atoms with Crippen LogP contribution in [0.25, 0.3) is 16.8 Å². The van der Waals surface area contributed by atoms with E-state index >= 15 is 0 Å². The first-order valence-electron chi connectivity index (χ1n) is 12.3. The van der Waals surface area contributed by atoms with Crippen molar-refractivity contribution in [3.05, 3.63) is 88.8 Å². The molecule has 1 amide bonds. The molecule has 186 valence electrons. The number of amides is 1. The molecule has 1 heterocycles. The van der Waals surface area contributed by atoms with Gasteiger partial charge in [-0.05, 0) is 85.1 Å². The van der Waals surface area contributed by atoms with E-state index in [2.05, 4.69) is 41.9 Å². The molecule has 0 atom stereocenters. The fraction of sp³-hybridized carbons (Fsp3) is 0.267. The highest BCUT2D eigenvalue weighted by Gasteiger charge is 2.32. The number of carbonyl (C=O) groups is 1. The zero-order valence-corrected chi connectivity index (χ0v) is 21.9. The predicted octanol–water partition coefficient (Wildman–Crippen LogP) is 6.86. The van der Waals surface area contributed by atoms with Gasteiger partial charge in [-0.25, -0.2) is 0 Å². The highest BCUT2D eigenvalue weighted by molar-refractivity contribution is 8.18. The Morgan fingerprint density at radius 1 is 1.03 bits per heavy atom. The van der Waals surface area contributed by atoms with Gasteiger partial charge in [0.05, 0.1) is 11.5 Å². The van der Waals surface area contributed by atoms with Crippen LogP contribution >= 0.6 is 11.8 Å². The SMILES string of the molecule is C=CCc1cc(/C=C2\SC(=NCC)N(CC)C2=O)cc(OCC)c1OCc1ccc2ccccc2c1. The van der Waals surface area contributed by atoms with E-state index in [1.54, 1.807) is 4.90 Å². The third-order valence-electron chi connectivity index (χ3n) is 5.81. The van der Waals surface area contributed by atoms with Crippen molar-refractivity contribution in [3.8, 4) is 11.5 Å². The Kier molecular flexibility index (Phi) is 8.49. The smallest absolute Gasteiger partial charge is 0.266 e. The molecule has 0 unspecified atom stereocenters. The highest BCUT2D eigenvalue weighted by Crippen LogP contribution is 2.38. The van der Waals surface area contributed by atoms with Crippen molar-refractivity contribution < 1.29 is 14.3 Å². The van der Waals surface area contributed by atoms with Gasteiger partial charge in [0.1, 0.15) is 6.61 Å². The van der Waals surface area contributed by atoms with Crippen LogP contribution in [0.5, 0.6) is 11.5 Å². The van der Waals surface area contributed by atoms with Crippen molar-refractivity contribution in [2.45, 2.75) is 33.8 Å². The fourth-order valence-corrected chi connectivity index (χ4v) is 5.28. The minimum Gasteiger partial charge on any atom is -0.490 e. The lowest BCUT2D eigenvalue weighted by molar-refractivity contribution is -0.122. The van der Waals surface area contributed by atoms with Gasteiger partial charge < -0.3 is 9.47 Å². The Balaban J connectivity index is 1.66. The van der Waals surface area contributed by atoms with Gasteiger partial charge in [0.25, 0.3) is 5.91 Å². The van der Waals surface area contributed by atoms with Crippen LogP contribution in [0, 0.1) is 0 Å². The van der Waals surface area contributed by atoms with Gasteiger partial charge in [0.15, 0.2) is 16.7 Å². The first-order chi connectivity index (χ1) is 17.6. The zero-order valence-electron chi connectivity index (χ0n) is 21.1. The standard InChI is InChI=1S/C30H32N2O3S/c1-5-11-25-17-22(19-27-29(33)32(7-3)30(36-27)31-6-2)18-26(34-8-4)28(25)35-20-21-14-15-23-12-9-10-13-24(23)16-21/h5,9-10,12-19H,1,6-8,11,20H2,2-4H3/b27-19-,31-30?. The predicted molar refractivity (Wildman–Crippen MR) is 151 cm³/mol. The molecule has 0 saturated carbocycles. The average molecular weight is 501 g/mol. The van der Waals surface area contributed by atoms with Gasteiger partial charge >= 0.3 is 0 Å². The molecule has 6 heteroatoms. The van der Waals surface area contributed by atoms with Gasteiger partial charge in [-0.3, -0.25) is 14.7 Å². The van der Waals surface area contributed by atoms with Crippen LogP contribution in [0.2, 0.25) is 0 Å². The summed E-state index contributed by atoms with van der Waals surface area (Å²) in [6, 6.07) is 18.6. The second-order valence-electron chi connectivity index (χ2n) is 8.32. The van der Waals surface area contributed by atoms with E-state index in [0.717, 1.165) is 21.9 Å². The molecular weight excluding hydrogens is 468 g/mol. The topological polar surface area (TPSA) is 51.1 Å². The normalized spacial score (nSPS) is 15.8. The lowest BCUT2D eigenvalue weighted by Crippen LogP contribution is -2.28. The van der Waals surface area contributed by atoms with E-state index in [-0.39, 0.29) is 5.91 Å². The molecule has 0 aromatic heterocycles. The summed E-state index contributed by atoms with van der Waals surface area (Å²) in [6.45, 7) is 12.0. The van der Waals surface area contributed by atoms with Gasteiger partial charge in [-0.15, -0.1) is 6.58 Å². The van der Waals surface area contributed by atoms with E-state index in [0.29, 0.717) is 49.1 Å². The van der Waals surface area contributed by atoms with Crippen molar-refractivity contribution in [1.29, 1.82) is 0 Å². The summed E-state index contributed by atoms with van der Waals surface area (Å²) in [4.78, 5) is 19.8. The van der Waals surface area contributed by atoms with Crippen molar-refractivity contribution >= 4 is 39.7 Å². The molecule has 36 heavy (non-hydrogen) atoms. The minimum atomic E-state index is -0.0189. The second-order valence-corrected chi connectivity index (χ2v) is 9.33. The Labute approximate surface area is 217 Å². The lowest BCUT2D eigenvalue weighted by Gasteiger charge is -2.17. The highest BCUT2D eigenvalue weighted by atomic mass is 32.2. The zero-order chi connectivity index (χ0) is 25.5. The third kappa shape index (κ3) is 5.65. The molecule has 5 nitrogen and oxygen atoms in total. The Morgan fingerprint density at radius 3 is 2.56 bits per heavy atom. The number of carbonyl (C=O) groups excluding carboxylic acids is 1. The van der Waals surface area contributed by atoms with E-state index in [1.165, 1.54) is 22.5 Å². The maximum Gasteiger partial charge on any atom is 0.266 e. The number of allylic oxidation sites excluding steroid dienone is 1. The number of nitrogens with zero attached hydrogens (tertiary/aromatic N) is 2. The number of aliphatic imine (C=N–C) groups is 1. The van der Waals surface area contributed by atoms with Crippen molar-refractivity contribution in [1.82, 2.24) is 4.90 Å². The molecule has 4 rings (SSSR count). The van der Waals surface area contributed by atoms with Crippen LogP contribution in [0.4, 0.5) is 0 Å². The molecule has 1 fully saturated rings. The average Bonchev–Trinajstić information content (AvgIpc) is 3.17. The summed E-state index contributed by atoms with van der Waals surface area (Å²) in [5, 5.41) is 3.14. The summed E-state index contributed by atoms with van der Waals surface area (Å²) in [7, 11) is 0. The molecule has 1 aliphatic rings. The Bertz CT molecular complexity index is 1330. The van der Waals surface area contributed by atoms with Gasteiger partial charge in [0.2, 0.25) is 0 Å². The summed E-state index contributed by atoms with van der Waals surface area (Å²) < 4.78 is 12.3. The van der Waals surface area contributed by atoms with E-state index < -0.39 is 0 Å². The monoisotopic (exact) mass is 500 g/mol.